The van der Waals surface area contributed by atoms with Crippen molar-refractivity contribution < 1.29 is 14.5 Å². The molecule has 0 unspecified atom stereocenters. The van der Waals surface area contributed by atoms with Gasteiger partial charge in [-0.3, -0.25) is 14.9 Å². The molecule has 0 amide bonds. The lowest BCUT2D eigenvalue weighted by Crippen LogP contribution is -2.51. The van der Waals surface area contributed by atoms with E-state index in [1.807, 2.05) is 30.9 Å². The van der Waals surface area contributed by atoms with Crippen LogP contribution in [0.3, 0.4) is 0 Å². The monoisotopic (exact) mass is 383 g/mol. The van der Waals surface area contributed by atoms with Gasteiger partial charge in [-0.15, -0.1) is 0 Å². The van der Waals surface area contributed by atoms with E-state index in [9.17, 15) is 14.9 Å². The molecule has 0 aliphatic carbocycles. The van der Waals surface area contributed by atoms with Crippen molar-refractivity contribution in [2.24, 2.45) is 0 Å². The van der Waals surface area contributed by atoms with Crippen LogP contribution in [0.15, 0.2) is 18.5 Å². The molecule has 4 rings (SSSR count). The van der Waals surface area contributed by atoms with Gasteiger partial charge in [0.1, 0.15) is 17.7 Å². The van der Waals surface area contributed by atoms with Crippen molar-refractivity contribution in [2.75, 3.05) is 23.7 Å². The number of ether oxygens (including phenoxy) is 1. The van der Waals surface area contributed by atoms with Crippen LogP contribution in [0, 0.1) is 24.0 Å². The third-order valence-corrected chi connectivity index (χ3v) is 5.77. The molecule has 9 nitrogen and oxygen atoms in total. The van der Waals surface area contributed by atoms with Gasteiger partial charge in [0.05, 0.1) is 16.9 Å². The van der Waals surface area contributed by atoms with Crippen molar-refractivity contribution in [2.45, 2.75) is 38.7 Å². The molecule has 2 aliphatic heterocycles. The molecule has 0 bridgehead atoms. The second kappa shape index (κ2) is 6.43. The van der Waals surface area contributed by atoms with E-state index in [0.29, 0.717) is 43.7 Å². The molecule has 2 aromatic rings. The molecule has 0 radical (unpaired) electrons. The zero-order valence-corrected chi connectivity index (χ0v) is 15.8. The predicted octanol–water partition coefficient (Wildman–Crippen LogP) is 2.59. The van der Waals surface area contributed by atoms with Crippen LogP contribution in [-0.2, 0) is 0 Å². The average molecular weight is 383 g/mol. The van der Waals surface area contributed by atoms with Gasteiger partial charge in [0, 0.05) is 25.9 Å². The number of hydrogen-bond donors (Lipinski definition) is 1. The molecule has 1 saturated heterocycles. The molecule has 3 heterocycles. The third kappa shape index (κ3) is 2.83. The largest absolute Gasteiger partial charge is 0.486 e. The normalized spacial score (nSPS) is 17.9. The van der Waals surface area contributed by atoms with E-state index >= 15 is 0 Å². The van der Waals surface area contributed by atoms with Crippen LogP contribution in [0.1, 0.15) is 40.7 Å². The maximum absolute atomic E-state index is 12.7. The number of benzene rings is 1. The summed E-state index contributed by atoms with van der Waals surface area (Å²) in [6.07, 6.45) is 2.66. The predicted molar refractivity (Wildman–Crippen MR) is 103 cm³/mol. The van der Waals surface area contributed by atoms with Crippen LogP contribution >= 0.6 is 0 Å². The number of fused-ring (bicyclic) bond motifs is 1. The highest BCUT2D eigenvalue weighted by Gasteiger charge is 2.44. The summed E-state index contributed by atoms with van der Waals surface area (Å²) in [5.74, 6) is 0.804. The first kappa shape index (κ1) is 18.1. The van der Waals surface area contributed by atoms with Crippen LogP contribution in [-0.4, -0.2) is 39.4 Å². The second-order valence-corrected chi connectivity index (χ2v) is 7.44. The van der Waals surface area contributed by atoms with Crippen LogP contribution in [0.4, 0.5) is 17.3 Å². The van der Waals surface area contributed by atoms with Crippen molar-refractivity contribution in [1.29, 1.82) is 0 Å². The number of nitro groups is 1. The lowest BCUT2D eigenvalue weighted by molar-refractivity contribution is -0.383. The Hall–Kier alpha value is -3.23. The standard InChI is InChI=1S/C19H21N5O4/c1-11-3-4-13-14(25)9-19(28-16(13)12(11)2)5-7-23(8-6-19)18-15(24(26)27)17(20)21-10-22-18/h3-4,10H,5-9H2,1-2H3,(H2,20,21,22). The van der Waals surface area contributed by atoms with Gasteiger partial charge in [-0.05, 0) is 31.0 Å². The summed E-state index contributed by atoms with van der Waals surface area (Å²) in [5, 5.41) is 11.4. The van der Waals surface area contributed by atoms with Crippen molar-refractivity contribution >= 4 is 23.1 Å². The molecular weight excluding hydrogens is 362 g/mol. The number of Topliss-reactive ketones (excluding diaryl/α,β-unsaturated/α-hetero) is 1. The third-order valence-electron chi connectivity index (χ3n) is 5.77. The number of aryl methyl sites for hydroxylation is 1. The number of nitrogen functional groups attached to an aromatic ring is 1. The summed E-state index contributed by atoms with van der Waals surface area (Å²) in [5.41, 5.74) is 7.50. The number of ketones is 1. The Bertz CT molecular complexity index is 983. The van der Waals surface area contributed by atoms with E-state index in [4.69, 9.17) is 10.5 Å². The summed E-state index contributed by atoms with van der Waals surface area (Å²) in [6, 6.07) is 3.77. The van der Waals surface area contributed by atoms with Gasteiger partial charge in [-0.25, -0.2) is 9.97 Å². The van der Waals surface area contributed by atoms with Crippen LogP contribution in [0.5, 0.6) is 5.75 Å². The van der Waals surface area contributed by atoms with Crippen molar-refractivity contribution in [3.63, 3.8) is 0 Å². The highest BCUT2D eigenvalue weighted by atomic mass is 16.6. The number of nitrogens with two attached hydrogens (primary N) is 1. The number of nitrogens with zero attached hydrogens (tertiary/aromatic N) is 4. The van der Waals surface area contributed by atoms with E-state index in [1.165, 1.54) is 6.33 Å². The Morgan fingerprint density at radius 3 is 2.64 bits per heavy atom. The van der Waals surface area contributed by atoms with Gasteiger partial charge in [0.2, 0.25) is 11.6 Å². The Labute approximate surface area is 161 Å². The van der Waals surface area contributed by atoms with Gasteiger partial charge in [-0.2, -0.15) is 0 Å². The fourth-order valence-corrected chi connectivity index (χ4v) is 3.98. The Balaban J connectivity index is 1.60. The minimum absolute atomic E-state index is 0.0788. The SMILES string of the molecule is Cc1ccc2c(c1C)OC1(CCN(c3ncnc(N)c3[N+](=O)[O-])CC1)CC2=O. The molecule has 2 N–H and O–H groups in total. The summed E-state index contributed by atoms with van der Waals surface area (Å²) in [7, 11) is 0. The fourth-order valence-electron chi connectivity index (χ4n) is 3.98. The molecule has 1 fully saturated rings. The van der Waals surface area contributed by atoms with Crippen LogP contribution < -0.4 is 15.4 Å². The number of anilines is 2. The maximum atomic E-state index is 12.7. The lowest BCUT2D eigenvalue weighted by atomic mass is 9.81. The van der Waals surface area contributed by atoms with E-state index in [2.05, 4.69) is 9.97 Å². The molecule has 9 heteroatoms. The number of rotatable bonds is 2. The molecule has 28 heavy (non-hydrogen) atoms. The molecular formula is C19H21N5O4. The van der Waals surface area contributed by atoms with Crippen LogP contribution in [0.2, 0.25) is 0 Å². The van der Waals surface area contributed by atoms with Crippen molar-refractivity contribution in [3.8, 4) is 5.75 Å². The minimum Gasteiger partial charge on any atom is -0.486 e. The van der Waals surface area contributed by atoms with Gasteiger partial charge in [0.25, 0.3) is 0 Å². The second-order valence-electron chi connectivity index (χ2n) is 7.44. The summed E-state index contributed by atoms with van der Waals surface area (Å²) >= 11 is 0. The Morgan fingerprint density at radius 2 is 1.96 bits per heavy atom. The first-order chi connectivity index (χ1) is 13.3. The van der Waals surface area contributed by atoms with Gasteiger partial charge in [0.15, 0.2) is 5.78 Å². The smallest absolute Gasteiger partial charge is 0.353 e. The maximum Gasteiger partial charge on any atom is 0.353 e. The summed E-state index contributed by atoms with van der Waals surface area (Å²) in [6.45, 7) is 4.91. The number of hydrogen-bond acceptors (Lipinski definition) is 8. The molecule has 1 aromatic heterocycles. The fraction of sp³-hybridized carbons (Fsp3) is 0.421. The number of aromatic nitrogens is 2. The minimum atomic E-state index is -0.591. The highest BCUT2D eigenvalue weighted by Crippen LogP contribution is 2.43. The van der Waals surface area contributed by atoms with E-state index in [0.717, 1.165) is 11.1 Å². The van der Waals surface area contributed by atoms with Crippen LogP contribution in [0.25, 0.3) is 0 Å². The Kier molecular flexibility index (Phi) is 4.17. The van der Waals surface area contributed by atoms with Gasteiger partial charge in [-0.1, -0.05) is 6.07 Å². The zero-order chi connectivity index (χ0) is 20.1. The van der Waals surface area contributed by atoms with E-state index in [-0.39, 0.29) is 23.1 Å². The quantitative estimate of drug-likeness (QED) is 0.620. The summed E-state index contributed by atoms with van der Waals surface area (Å²) in [4.78, 5) is 33.2. The lowest BCUT2D eigenvalue weighted by Gasteiger charge is -2.44. The highest BCUT2D eigenvalue weighted by molar-refractivity contribution is 6.01. The molecule has 0 saturated carbocycles. The van der Waals surface area contributed by atoms with Crippen molar-refractivity contribution in [1.82, 2.24) is 9.97 Å². The first-order valence-corrected chi connectivity index (χ1v) is 9.13. The number of piperidine rings is 1. The first-order valence-electron chi connectivity index (χ1n) is 9.13. The molecule has 1 aromatic carbocycles. The van der Waals surface area contributed by atoms with E-state index in [1.54, 1.807) is 0 Å². The van der Waals surface area contributed by atoms with Crippen molar-refractivity contribution in [3.05, 3.63) is 45.3 Å². The van der Waals surface area contributed by atoms with Gasteiger partial charge >= 0.3 is 5.69 Å². The zero-order valence-electron chi connectivity index (χ0n) is 15.8. The molecule has 146 valence electrons. The number of carbonyl (C=O) groups excluding carboxylic acids is 1. The molecule has 0 atom stereocenters. The summed E-state index contributed by atoms with van der Waals surface area (Å²) < 4.78 is 6.39. The molecule has 2 aliphatic rings. The topological polar surface area (TPSA) is 124 Å². The number of carbonyl (C=O) groups is 1. The molecule has 1 spiro atoms. The Morgan fingerprint density at radius 1 is 1.25 bits per heavy atom. The van der Waals surface area contributed by atoms with E-state index < -0.39 is 10.5 Å². The van der Waals surface area contributed by atoms with Gasteiger partial charge < -0.3 is 15.4 Å². The average Bonchev–Trinajstić information content (AvgIpc) is 2.65.